The van der Waals surface area contributed by atoms with Crippen LogP contribution >= 0.6 is 0 Å². The summed E-state index contributed by atoms with van der Waals surface area (Å²) in [5, 5.41) is 17.6. The van der Waals surface area contributed by atoms with Crippen molar-refractivity contribution in [3.05, 3.63) is 59.2 Å². The van der Waals surface area contributed by atoms with Crippen LogP contribution < -0.4 is 46.7 Å². The van der Waals surface area contributed by atoms with Gasteiger partial charge >= 0.3 is 41.7 Å². The standard InChI is InChI=1S/C17H12F3NO3.ClH.Na/c18-17(19,20)13-6-4-12(5-7-16(22)23)15(9-13)24-14-3-1-2-11(8-14)10-21;;/h1-4,6,8-9H,5,7H2,(H,22,23);1H;/q;;+1/p-1. The predicted molar refractivity (Wildman–Crippen MR) is 78.6 cm³/mol. The van der Waals surface area contributed by atoms with Crippen molar-refractivity contribution in [1.82, 2.24) is 0 Å². The van der Waals surface area contributed by atoms with Crippen LogP contribution in [0.1, 0.15) is 23.1 Å². The molecule has 4 nitrogen and oxygen atoms in total. The van der Waals surface area contributed by atoms with Crippen molar-refractivity contribution in [3.8, 4) is 17.6 Å². The van der Waals surface area contributed by atoms with Crippen LogP contribution in [0, 0.1) is 11.3 Å². The molecular weight excluding hydrogens is 382 g/mol. The van der Waals surface area contributed by atoms with E-state index < -0.39 is 17.7 Å². The van der Waals surface area contributed by atoms with Crippen molar-refractivity contribution in [1.29, 1.82) is 5.26 Å². The molecule has 0 amide bonds. The summed E-state index contributed by atoms with van der Waals surface area (Å²) in [6.45, 7) is 0. The van der Waals surface area contributed by atoms with Gasteiger partial charge in [0, 0.05) is 6.42 Å². The van der Waals surface area contributed by atoms with Gasteiger partial charge in [-0.25, -0.2) is 0 Å². The smallest absolute Gasteiger partial charge is 1.00 e. The third-order valence-electron chi connectivity index (χ3n) is 3.19. The second kappa shape index (κ2) is 10.4. The van der Waals surface area contributed by atoms with Gasteiger partial charge in [-0.2, -0.15) is 18.4 Å². The van der Waals surface area contributed by atoms with Crippen LogP contribution in [-0.4, -0.2) is 11.1 Å². The molecule has 2 aromatic carbocycles. The Labute approximate surface area is 176 Å². The number of alkyl halides is 3. The zero-order valence-electron chi connectivity index (χ0n) is 13.7. The van der Waals surface area contributed by atoms with E-state index in [1.54, 1.807) is 6.07 Å². The molecule has 2 aromatic rings. The largest absolute Gasteiger partial charge is 1.00 e. The summed E-state index contributed by atoms with van der Waals surface area (Å²) in [5.74, 6) is -0.946. The van der Waals surface area contributed by atoms with E-state index in [1.807, 2.05) is 6.07 Å². The van der Waals surface area contributed by atoms with Crippen molar-refractivity contribution in [2.45, 2.75) is 19.0 Å². The first kappa shape index (κ1) is 24.3. The van der Waals surface area contributed by atoms with Crippen LogP contribution in [0.3, 0.4) is 0 Å². The molecule has 0 bridgehead atoms. The first-order chi connectivity index (χ1) is 11.3. The van der Waals surface area contributed by atoms with Gasteiger partial charge in [0.2, 0.25) is 0 Å². The third-order valence-corrected chi connectivity index (χ3v) is 3.19. The second-order valence-corrected chi connectivity index (χ2v) is 4.96. The van der Waals surface area contributed by atoms with E-state index >= 15 is 0 Å². The Kier molecular flexibility index (Phi) is 9.74. The van der Waals surface area contributed by atoms with Crippen LogP contribution in [0.5, 0.6) is 11.5 Å². The van der Waals surface area contributed by atoms with E-state index in [9.17, 15) is 18.0 Å². The van der Waals surface area contributed by atoms with Gasteiger partial charge in [0.1, 0.15) is 11.5 Å². The van der Waals surface area contributed by atoms with Gasteiger partial charge in [0.15, 0.2) is 0 Å². The Balaban J connectivity index is 0.00000312. The number of nitriles is 1. The van der Waals surface area contributed by atoms with Gasteiger partial charge in [0.25, 0.3) is 0 Å². The summed E-state index contributed by atoms with van der Waals surface area (Å²) in [6.07, 6.45) is -4.75. The Bertz CT molecular complexity index is 807. The Hall–Kier alpha value is -1.72. The summed E-state index contributed by atoms with van der Waals surface area (Å²) in [7, 11) is 0. The van der Waals surface area contributed by atoms with Crippen molar-refractivity contribution >= 4 is 5.97 Å². The molecule has 0 radical (unpaired) electrons. The first-order valence-electron chi connectivity index (χ1n) is 6.89. The Morgan fingerprint density at radius 1 is 1.19 bits per heavy atom. The van der Waals surface area contributed by atoms with Gasteiger partial charge in [-0.3, -0.25) is 4.79 Å². The topological polar surface area (TPSA) is 70.3 Å². The number of aliphatic carboxylic acids is 1. The van der Waals surface area contributed by atoms with E-state index in [1.165, 1.54) is 24.3 Å². The Morgan fingerprint density at radius 2 is 1.88 bits per heavy atom. The fraction of sp³-hybridized carbons (Fsp3) is 0.176. The minimum absolute atomic E-state index is 0. The molecule has 0 unspecified atom stereocenters. The molecule has 0 heterocycles. The summed E-state index contributed by atoms with van der Waals surface area (Å²) < 4.78 is 44.1. The van der Waals surface area contributed by atoms with Gasteiger partial charge in [-0.15, -0.1) is 0 Å². The number of carboxylic acid groups (broad SMARTS) is 1. The normalized spacial score (nSPS) is 10.1. The number of rotatable bonds is 5. The minimum Gasteiger partial charge on any atom is -1.00 e. The van der Waals surface area contributed by atoms with E-state index in [0.717, 1.165) is 12.1 Å². The summed E-state index contributed by atoms with van der Waals surface area (Å²) in [5.41, 5.74) is -0.257. The average molecular weight is 394 g/mol. The fourth-order valence-electron chi connectivity index (χ4n) is 2.03. The fourth-order valence-corrected chi connectivity index (χ4v) is 2.03. The first-order valence-corrected chi connectivity index (χ1v) is 6.89. The van der Waals surface area contributed by atoms with Crippen LogP contribution in [0.4, 0.5) is 13.2 Å². The van der Waals surface area contributed by atoms with E-state index in [0.29, 0.717) is 11.1 Å². The van der Waals surface area contributed by atoms with Crippen molar-refractivity contribution < 1.29 is 69.8 Å². The molecular formula is C17H12ClF3NNaO3. The predicted octanol–water partition coefficient (Wildman–Crippen LogP) is -1.61. The van der Waals surface area contributed by atoms with Gasteiger partial charge in [-0.1, -0.05) is 12.1 Å². The number of carboxylic acids is 1. The molecule has 0 atom stereocenters. The molecule has 9 heteroatoms. The molecule has 0 aliphatic carbocycles. The SMILES string of the molecule is N#Cc1cccc(Oc2cc(C(F)(F)F)ccc2CCC(=O)O)c1.[Cl-].[Na+]. The van der Waals surface area contributed by atoms with Crippen LogP contribution in [0.15, 0.2) is 42.5 Å². The molecule has 0 saturated heterocycles. The van der Waals surface area contributed by atoms with Crippen LogP contribution in [0.25, 0.3) is 0 Å². The summed E-state index contributed by atoms with van der Waals surface area (Å²) in [6, 6.07) is 10.8. The van der Waals surface area contributed by atoms with E-state index in [4.69, 9.17) is 15.1 Å². The van der Waals surface area contributed by atoms with Crippen molar-refractivity contribution in [2.24, 2.45) is 0 Å². The zero-order valence-corrected chi connectivity index (χ0v) is 16.4. The van der Waals surface area contributed by atoms with Gasteiger partial charge in [-0.05, 0) is 42.3 Å². The van der Waals surface area contributed by atoms with Crippen molar-refractivity contribution in [3.63, 3.8) is 0 Å². The molecule has 0 saturated carbocycles. The zero-order chi connectivity index (χ0) is 17.7. The third kappa shape index (κ3) is 6.89. The second-order valence-electron chi connectivity index (χ2n) is 4.96. The Morgan fingerprint density at radius 3 is 2.46 bits per heavy atom. The monoisotopic (exact) mass is 393 g/mol. The number of aryl methyl sites for hydroxylation is 1. The molecule has 132 valence electrons. The molecule has 26 heavy (non-hydrogen) atoms. The number of hydrogen-bond donors (Lipinski definition) is 1. The maximum Gasteiger partial charge on any atom is 1.00 e. The molecule has 0 aliphatic rings. The van der Waals surface area contributed by atoms with E-state index in [2.05, 4.69) is 0 Å². The van der Waals surface area contributed by atoms with Gasteiger partial charge in [0.05, 0.1) is 17.2 Å². The average Bonchev–Trinajstić information content (AvgIpc) is 2.52. The molecule has 0 spiro atoms. The number of halogens is 4. The number of ether oxygens (including phenoxy) is 1. The summed E-state index contributed by atoms with van der Waals surface area (Å²) >= 11 is 0. The number of hydrogen-bond acceptors (Lipinski definition) is 3. The maximum absolute atomic E-state index is 12.9. The molecule has 0 fully saturated rings. The minimum atomic E-state index is -4.54. The molecule has 0 aliphatic heterocycles. The maximum atomic E-state index is 12.9. The van der Waals surface area contributed by atoms with Gasteiger partial charge < -0.3 is 22.3 Å². The number of carbonyl (C=O) groups is 1. The van der Waals surface area contributed by atoms with Crippen LogP contribution in [0.2, 0.25) is 0 Å². The number of benzene rings is 2. The molecule has 1 N–H and O–H groups in total. The molecule has 2 rings (SSSR count). The molecule has 0 aromatic heterocycles. The van der Waals surface area contributed by atoms with Crippen molar-refractivity contribution in [2.75, 3.05) is 0 Å². The summed E-state index contributed by atoms with van der Waals surface area (Å²) in [4.78, 5) is 10.7. The number of nitrogens with zero attached hydrogens (tertiary/aromatic N) is 1. The quantitative estimate of drug-likeness (QED) is 0.621. The van der Waals surface area contributed by atoms with E-state index in [-0.39, 0.29) is 66.3 Å². The van der Waals surface area contributed by atoms with Crippen LogP contribution in [-0.2, 0) is 17.4 Å².